The number of aryl methyl sites for hydroxylation is 3. The highest BCUT2D eigenvalue weighted by atomic mass is 19.1. The zero-order valence-electron chi connectivity index (χ0n) is 11.0. The van der Waals surface area contributed by atoms with Crippen LogP contribution in [0.5, 0.6) is 0 Å². The first-order valence-corrected chi connectivity index (χ1v) is 5.82. The van der Waals surface area contributed by atoms with E-state index >= 15 is 0 Å². The highest BCUT2D eigenvalue weighted by Gasteiger charge is 2.12. The molecule has 1 N–H and O–H groups in total. The largest absolute Gasteiger partial charge is 0.373 e. The first kappa shape index (κ1) is 12.5. The highest BCUT2D eigenvalue weighted by Crippen LogP contribution is 2.27. The van der Waals surface area contributed by atoms with E-state index in [-0.39, 0.29) is 5.82 Å². The maximum Gasteiger partial charge on any atom is 0.133 e. The van der Waals surface area contributed by atoms with Crippen molar-refractivity contribution in [3.05, 3.63) is 41.0 Å². The van der Waals surface area contributed by atoms with Gasteiger partial charge in [0.05, 0.1) is 5.69 Å². The number of rotatable bonds is 2. The summed E-state index contributed by atoms with van der Waals surface area (Å²) in [5.41, 5.74) is 2.95. The van der Waals surface area contributed by atoms with Crippen LogP contribution in [-0.2, 0) is 0 Å². The quantitative estimate of drug-likeness (QED) is 0.882. The normalized spacial score (nSPS) is 10.5. The first-order chi connectivity index (χ1) is 8.51. The Labute approximate surface area is 106 Å². The first-order valence-electron chi connectivity index (χ1n) is 5.82. The molecule has 0 aliphatic carbocycles. The number of hydrogen-bond acceptors (Lipinski definition) is 3. The Hall–Kier alpha value is -1.97. The molecule has 0 amide bonds. The second-order valence-electron chi connectivity index (χ2n) is 4.37. The van der Waals surface area contributed by atoms with E-state index in [1.165, 1.54) is 6.07 Å². The lowest BCUT2D eigenvalue weighted by molar-refractivity contribution is 0.628. The van der Waals surface area contributed by atoms with E-state index in [0.717, 1.165) is 11.1 Å². The van der Waals surface area contributed by atoms with Gasteiger partial charge in [-0.1, -0.05) is 6.07 Å². The molecule has 0 atom stereocenters. The second kappa shape index (κ2) is 4.72. The van der Waals surface area contributed by atoms with Crippen molar-refractivity contribution in [2.45, 2.75) is 20.8 Å². The van der Waals surface area contributed by atoms with Crippen LogP contribution >= 0.6 is 0 Å². The Balaban J connectivity index is 2.65. The molecular formula is C14H16FN3. The van der Waals surface area contributed by atoms with Crippen LogP contribution < -0.4 is 5.32 Å². The summed E-state index contributed by atoms with van der Waals surface area (Å²) in [5.74, 6) is 1.07. The number of nitrogens with one attached hydrogen (secondary N) is 1. The minimum atomic E-state index is -0.243. The van der Waals surface area contributed by atoms with Gasteiger partial charge in [-0.05, 0) is 38.0 Å². The lowest BCUT2D eigenvalue weighted by Crippen LogP contribution is -2.00. The third-order valence-electron chi connectivity index (χ3n) is 2.78. The van der Waals surface area contributed by atoms with Gasteiger partial charge >= 0.3 is 0 Å². The Kier molecular flexibility index (Phi) is 3.28. The molecule has 0 radical (unpaired) electrons. The lowest BCUT2D eigenvalue weighted by atomic mass is 10.0. The van der Waals surface area contributed by atoms with Crippen LogP contribution in [0, 0.1) is 26.6 Å². The SMILES string of the molecule is CNc1cc(-c2c(C)cc(C)cc2F)nc(C)n1. The molecule has 2 rings (SSSR count). The summed E-state index contributed by atoms with van der Waals surface area (Å²) in [7, 11) is 1.78. The summed E-state index contributed by atoms with van der Waals surface area (Å²) < 4.78 is 14.1. The molecule has 2 aromatic rings. The molecule has 0 aliphatic rings. The van der Waals surface area contributed by atoms with Gasteiger partial charge in [-0.15, -0.1) is 0 Å². The topological polar surface area (TPSA) is 37.8 Å². The van der Waals surface area contributed by atoms with Gasteiger partial charge in [0, 0.05) is 18.7 Å². The molecule has 0 spiro atoms. The van der Waals surface area contributed by atoms with E-state index in [2.05, 4.69) is 15.3 Å². The van der Waals surface area contributed by atoms with Crippen LogP contribution in [0.2, 0.25) is 0 Å². The fourth-order valence-electron chi connectivity index (χ4n) is 2.06. The Morgan fingerprint density at radius 1 is 1.06 bits per heavy atom. The third-order valence-corrected chi connectivity index (χ3v) is 2.78. The molecule has 4 heteroatoms. The number of benzene rings is 1. The summed E-state index contributed by atoms with van der Waals surface area (Å²) in [6, 6.07) is 5.24. The molecular weight excluding hydrogens is 229 g/mol. The van der Waals surface area contributed by atoms with Crippen molar-refractivity contribution in [1.82, 2.24) is 9.97 Å². The zero-order chi connectivity index (χ0) is 13.3. The predicted octanol–water partition coefficient (Wildman–Crippen LogP) is 3.25. The van der Waals surface area contributed by atoms with Gasteiger partial charge in [0.1, 0.15) is 17.5 Å². The number of halogens is 1. The molecule has 18 heavy (non-hydrogen) atoms. The fraction of sp³-hybridized carbons (Fsp3) is 0.286. The monoisotopic (exact) mass is 245 g/mol. The molecule has 1 heterocycles. The van der Waals surface area contributed by atoms with Gasteiger partial charge in [-0.2, -0.15) is 0 Å². The number of aromatic nitrogens is 2. The summed E-state index contributed by atoms with van der Waals surface area (Å²) in [6.45, 7) is 5.57. The van der Waals surface area contributed by atoms with Crippen molar-refractivity contribution in [3.8, 4) is 11.3 Å². The van der Waals surface area contributed by atoms with Gasteiger partial charge in [0.2, 0.25) is 0 Å². The second-order valence-corrected chi connectivity index (χ2v) is 4.37. The lowest BCUT2D eigenvalue weighted by Gasteiger charge is -2.10. The van der Waals surface area contributed by atoms with Crippen molar-refractivity contribution in [1.29, 1.82) is 0 Å². The van der Waals surface area contributed by atoms with Crippen molar-refractivity contribution < 1.29 is 4.39 Å². The summed E-state index contributed by atoms with van der Waals surface area (Å²) in [6.07, 6.45) is 0. The highest BCUT2D eigenvalue weighted by molar-refractivity contribution is 5.67. The van der Waals surface area contributed by atoms with E-state index in [1.807, 2.05) is 19.9 Å². The molecule has 0 saturated carbocycles. The summed E-state index contributed by atoms with van der Waals surface area (Å²) >= 11 is 0. The number of anilines is 1. The van der Waals surface area contributed by atoms with E-state index in [1.54, 1.807) is 20.0 Å². The van der Waals surface area contributed by atoms with Crippen molar-refractivity contribution in [2.75, 3.05) is 12.4 Å². The standard InChI is InChI=1S/C14H16FN3/c1-8-5-9(2)14(11(15)6-8)12-7-13(16-4)18-10(3)17-12/h5-7H,1-4H3,(H,16,17,18). The molecule has 0 aliphatic heterocycles. The molecule has 0 saturated heterocycles. The average molecular weight is 245 g/mol. The molecule has 3 nitrogen and oxygen atoms in total. The molecule has 94 valence electrons. The number of nitrogens with zero attached hydrogens (tertiary/aromatic N) is 2. The zero-order valence-corrected chi connectivity index (χ0v) is 11.0. The smallest absolute Gasteiger partial charge is 0.133 e. The van der Waals surface area contributed by atoms with Crippen molar-refractivity contribution >= 4 is 5.82 Å². The maximum atomic E-state index is 14.1. The van der Waals surface area contributed by atoms with Crippen molar-refractivity contribution in [3.63, 3.8) is 0 Å². The third kappa shape index (κ3) is 2.32. The molecule has 1 aromatic carbocycles. The minimum absolute atomic E-state index is 0.243. The van der Waals surface area contributed by atoms with E-state index in [4.69, 9.17) is 0 Å². The van der Waals surface area contributed by atoms with Crippen molar-refractivity contribution in [2.24, 2.45) is 0 Å². The summed E-state index contributed by atoms with van der Waals surface area (Å²) in [5, 5.41) is 2.95. The van der Waals surface area contributed by atoms with Gasteiger partial charge in [-0.25, -0.2) is 14.4 Å². The molecule has 0 unspecified atom stereocenters. The minimum Gasteiger partial charge on any atom is -0.373 e. The van der Waals surface area contributed by atoms with Gasteiger partial charge < -0.3 is 5.32 Å². The van der Waals surface area contributed by atoms with Crippen LogP contribution in [0.25, 0.3) is 11.3 Å². The Morgan fingerprint density at radius 3 is 2.39 bits per heavy atom. The Bertz CT molecular complexity index is 571. The van der Waals surface area contributed by atoms with Gasteiger partial charge in [0.25, 0.3) is 0 Å². The Morgan fingerprint density at radius 2 is 1.78 bits per heavy atom. The van der Waals surface area contributed by atoms with Crippen LogP contribution in [0.4, 0.5) is 10.2 Å². The summed E-state index contributed by atoms with van der Waals surface area (Å²) in [4.78, 5) is 8.52. The maximum absolute atomic E-state index is 14.1. The molecule has 0 bridgehead atoms. The number of hydrogen-bond donors (Lipinski definition) is 1. The van der Waals surface area contributed by atoms with E-state index < -0.39 is 0 Å². The fourth-order valence-corrected chi connectivity index (χ4v) is 2.06. The van der Waals surface area contributed by atoms with Crippen LogP contribution in [0.3, 0.4) is 0 Å². The van der Waals surface area contributed by atoms with E-state index in [0.29, 0.717) is 22.9 Å². The van der Waals surface area contributed by atoms with Gasteiger partial charge in [0.15, 0.2) is 0 Å². The predicted molar refractivity (Wildman–Crippen MR) is 71.2 cm³/mol. The molecule has 0 fully saturated rings. The van der Waals surface area contributed by atoms with Crippen LogP contribution in [0.1, 0.15) is 17.0 Å². The average Bonchev–Trinajstić information content (AvgIpc) is 2.26. The van der Waals surface area contributed by atoms with Crippen LogP contribution in [0.15, 0.2) is 18.2 Å². The van der Waals surface area contributed by atoms with Gasteiger partial charge in [-0.3, -0.25) is 0 Å². The van der Waals surface area contributed by atoms with Crippen LogP contribution in [-0.4, -0.2) is 17.0 Å². The molecule has 1 aromatic heterocycles. The van der Waals surface area contributed by atoms with E-state index in [9.17, 15) is 4.39 Å².